The van der Waals surface area contributed by atoms with Gasteiger partial charge in [-0.3, -0.25) is 4.79 Å². The van der Waals surface area contributed by atoms with Gasteiger partial charge in [-0.25, -0.2) is 4.79 Å². The maximum atomic E-state index is 12.6. The van der Waals surface area contributed by atoms with Crippen molar-refractivity contribution in [1.29, 1.82) is 0 Å². The van der Waals surface area contributed by atoms with E-state index in [9.17, 15) is 14.7 Å². The number of carboxylic acids is 1. The molecule has 118 valence electrons. The molecule has 1 saturated heterocycles. The minimum absolute atomic E-state index is 0.0102. The number of nitrogens with zero attached hydrogens (tertiary/aromatic N) is 1. The van der Waals surface area contributed by atoms with Crippen molar-refractivity contribution in [2.45, 2.75) is 18.4 Å². The summed E-state index contributed by atoms with van der Waals surface area (Å²) in [4.78, 5) is 25.2. The predicted molar refractivity (Wildman–Crippen MR) is 81.3 cm³/mol. The number of halogens is 2. The highest BCUT2D eigenvalue weighted by Gasteiger charge is 2.49. The van der Waals surface area contributed by atoms with Crippen LogP contribution < -0.4 is 0 Å². The summed E-state index contributed by atoms with van der Waals surface area (Å²) in [5, 5.41) is 10.1. The van der Waals surface area contributed by atoms with E-state index in [-0.39, 0.29) is 24.3 Å². The molecule has 0 bridgehead atoms. The van der Waals surface area contributed by atoms with Crippen LogP contribution in [0.25, 0.3) is 0 Å². The number of aliphatic carboxylic acids is 1. The highest BCUT2D eigenvalue weighted by atomic mass is 35.5. The summed E-state index contributed by atoms with van der Waals surface area (Å²) in [6, 6.07) is 4.46. The number of morpholine rings is 1. The van der Waals surface area contributed by atoms with Gasteiger partial charge in [-0.1, -0.05) is 35.3 Å². The van der Waals surface area contributed by atoms with Crippen LogP contribution >= 0.6 is 23.2 Å². The van der Waals surface area contributed by atoms with Gasteiger partial charge in [0.15, 0.2) is 6.04 Å². The average Bonchev–Trinajstić information content (AvgIpc) is 3.29. The molecule has 1 aliphatic heterocycles. The Morgan fingerprint density at radius 2 is 2.09 bits per heavy atom. The minimum atomic E-state index is -1.04. The number of hydrogen-bond acceptors (Lipinski definition) is 3. The quantitative estimate of drug-likeness (QED) is 0.915. The Labute approximate surface area is 137 Å². The molecule has 22 heavy (non-hydrogen) atoms. The summed E-state index contributed by atoms with van der Waals surface area (Å²) in [6.07, 6.45) is 0.669. The monoisotopic (exact) mass is 343 g/mol. The average molecular weight is 344 g/mol. The SMILES string of the molecule is O=C(O)C1COCCN1C(=O)C1CC1c1cccc(Cl)c1Cl. The Bertz CT molecular complexity index is 622. The van der Waals surface area contributed by atoms with E-state index in [0.717, 1.165) is 5.56 Å². The molecular weight excluding hydrogens is 329 g/mol. The van der Waals surface area contributed by atoms with Crippen LogP contribution in [0.3, 0.4) is 0 Å². The first-order valence-electron chi connectivity index (χ1n) is 7.05. The van der Waals surface area contributed by atoms with Crippen molar-refractivity contribution in [3.8, 4) is 0 Å². The summed E-state index contributed by atoms with van der Waals surface area (Å²) in [7, 11) is 0. The van der Waals surface area contributed by atoms with Crippen molar-refractivity contribution in [3.05, 3.63) is 33.8 Å². The standard InChI is InChI=1S/C15H15Cl2NO4/c16-11-3-1-2-8(13(11)17)9-6-10(9)14(19)18-4-5-22-7-12(18)15(20)21/h1-3,9-10,12H,4-7H2,(H,20,21). The number of amides is 1. The van der Waals surface area contributed by atoms with E-state index in [2.05, 4.69) is 0 Å². The molecule has 1 amide bonds. The van der Waals surface area contributed by atoms with Gasteiger partial charge < -0.3 is 14.7 Å². The third-order valence-corrected chi connectivity index (χ3v) is 5.02. The molecule has 1 aromatic carbocycles. The second kappa shape index (κ2) is 6.07. The topological polar surface area (TPSA) is 66.8 Å². The molecule has 1 saturated carbocycles. The lowest BCUT2D eigenvalue weighted by Crippen LogP contribution is -2.53. The van der Waals surface area contributed by atoms with Gasteiger partial charge in [-0.15, -0.1) is 0 Å². The van der Waals surface area contributed by atoms with Crippen LogP contribution in [0.2, 0.25) is 10.0 Å². The van der Waals surface area contributed by atoms with Crippen LogP contribution in [0.4, 0.5) is 0 Å². The molecule has 1 aromatic rings. The Balaban J connectivity index is 1.74. The van der Waals surface area contributed by atoms with Gasteiger partial charge in [0.1, 0.15) is 0 Å². The highest BCUT2D eigenvalue weighted by molar-refractivity contribution is 6.42. The Hall–Kier alpha value is -1.30. The third kappa shape index (κ3) is 2.81. The fourth-order valence-electron chi connectivity index (χ4n) is 2.90. The summed E-state index contributed by atoms with van der Waals surface area (Å²) in [5.74, 6) is -1.39. The number of hydrogen-bond donors (Lipinski definition) is 1. The number of ether oxygens (including phenoxy) is 1. The van der Waals surface area contributed by atoms with Crippen LogP contribution in [0, 0.1) is 5.92 Å². The first-order valence-corrected chi connectivity index (χ1v) is 7.81. The molecule has 1 N–H and O–H groups in total. The van der Waals surface area contributed by atoms with Gasteiger partial charge in [-0.2, -0.15) is 0 Å². The zero-order chi connectivity index (χ0) is 15.9. The molecule has 1 heterocycles. The molecule has 3 atom stereocenters. The van der Waals surface area contributed by atoms with Crippen LogP contribution in [-0.2, 0) is 14.3 Å². The van der Waals surface area contributed by atoms with E-state index in [1.807, 2.05) is 6.07 Å². The molecule has 5 nitrogen and oxygen atoms in total. The summed E-state index contributed by atoms with van der Waals surface area (Å²) in [6.45, 7) is 0.712. The molecular formula is C15H15Cl2NO4. The number of carbonyl (C=O) groups is 2. The summed E-state index contributed by atoms with van der Waals surface area (Å²) in [5.41, 5.74) is 0.854. The Morgan fingerprint density at radius 1 is 1.32 bits per heavy atom. The number of carboxylic acid groups (broad SMARTS) is 1. The molecule has 0 spiro atoms. The lowest BCUT2D eigenvalue weighted by molar-refractivity contribution is -0.158. The molecule has 1 aliphatic carbocycles. The van der Waals surface area contributed by atoms with Crippen molar-refractivity contribution in [2.75, 3.05) is 19.8 Å². The van der Waals surface area contributed by atoms with E-state index in [4.69, 9.17) is 27.9 Å². The maximum Gasteiger partial charge on any atom is 0.328 e. The fourth-order valence-corrected chi connectivity index (χ4v) is 3.35. The highest BCUT2D eigenvalue weighted by Crippen LogP contribution is 2.51. The van der Waals surface area contributed by atoms with Crippen LogP contribution in [0.5, 0.6) is 0 Å². The van der Waals surface area contributed by atoms with E-state index in [1.165, 1.54) is 4.90 Å². The van der Waals surface area contributed by atoms with E-state index in [0.29, 0.717) is 29.6 Å². The Morgan fingerprint density at radius 3 is 2.82 bits per heavy atom. The molecule has 3 rings (SSSR count). The van der Waals surface area contributed by atoms with Crippen LogP contribution in [0.15, 0.2) is 18.2 Å². The first kappa shape index (κ1) is 15.6. The van der Waals surface area contributed by atoms with Gasteiger partial charge in [0.25, 0.3) is 0 Å². The second-order valence-corrected chi connectivity index (χ2v) is 6.34. The summed E-state index contributed by atoms with van der Waals surface area (Å²) >= 11 is 12.2. The predicted octanol–water partition coefficient (Wildman–Crippen LogP) is 2.41. The molecule has 7 heteroatoms. The van der Waals surface area contributed by atoms with Gasteiger partial charge in [0.2, 0.25) is 5.91 Å². The van der Waals surface area contributed by atoms with Crippen LogP contribution in [0.1, 0.15) is 17.9 Å². The lowest BCUT2D eigenvalue weighted by Gasteiger charge is -2.33. The smallest absolute Gasteiger partial charge is 0.328 e. The molecule has 3 unspecified atom stereocenters. The number of rotatable bonds is 3. The first-order chi connectivity index (χ1) is 10.5. The van der Waals surface area contributed by atoms with Gasteiger partial charge in [-0.05, 0) is 24.0 Å². The van der Waals surface area contributed by atoms with Crippen molar-refractivity contribution in [2.24, 2.45) is 5.92 Å². The largest absolute Gasteiger partial charge is 0.480 e. The zero-order valence-electron chi connectivity index (χ0n) is 11.7. The van der Waals surface area contributed by atoms with Gasteiger partial charge in [0, 0.05) is 12.5 Å². The lowest BCUT2D eigenvalue weighted by atomic mass is 10.1. The van der Waals surface area contributed by atoms with Crippen molar-refractivity contribution in [1.82, 2.24) is 4.90 Å². The maximum absolute atomic E-state index is 12.6. The number of carbonyl (C=O) groups excluding carboxylic acids is 1. The normalized spacial score (nSPS) is 27.5. The van der Waals surface area contributed by atoms with Crippen molar-refractivity contribution >= 4 is 35.1 Å². The molecule has 0 radical (unpaired) electrons. The van der Waals surface area contributed by atoms with Crippen LogP contribution in [-0.4, -0.2) is 47.7 Å². The van der Waals surface area contributed by atoms with E-state index < -0.39 is 12.0 Å². The molecule has 0 aromatic heterocycles. The van der Waals surface area contributed by atoms with E-state index >= 15 is 0 Å². The summed E-state index contributed by atoms with van der Waals surface area (Å²) < 4.78 is 5.16. The molecule has 2 aliphatic rings. The van der Waals surface area contributed by atoms with Crippen molar-refractivity contribution < 1.29 is 19.4 Å². The van der Waals surface area contributed by atoms with Gasteiger partial charge in [0.05, 0.1) is 23.3 Å². The minimum Gasteiger partial charge on any atom is -0.480 e. The Kier molecular flexibility index (Phi) is 4.30. The second-order valence-electron chi connectivity index (χ2n) is 5.55. The molecule has 2 fully saturated rings. The zero-order valence-corrected chi connectivity index (χ0v) is 13.2. The van der Waals surface area contributed by atoms with E-state index in [1.54, 1.807) is 12.1 Å². The third-order valence-electron chi connectivity index (χ3n) is 4.19. The van der Waals surface area contributed by atoms with Gasteiger partial charge >= 0.3 is 5.97 Å². The fraction of sp³-hybridized carbons (Fsp3) is 0.467. The van der Waals surface area contributed by atoms with Crippen molar-refractivity contribution in [3.63, 3.8) is 0 Å². The number of benzene rings is 1.